The van der Waals surface area contributed by atoms with Gasteiger partial charge in [0.15, 0.2) is 0 Å². The largest absolute Gasteiger partial charge is 0.494 e. The Hall–Kier alpha value is -3.61. The summed E-state index contributed by atoms with van der Waals surface area (Å²) < 4.78 is 16.6. The second-order valence-electron chi connectivity index (χ2n) is 7.46. The highest BCUT2D eigenvalue weighted by Gasteiger charge is 2.14. The van der Waals surface area contributed by atoms with E-state index in [9.17, 15) is 10.1 Å². The first kappa shape index (κ1) is 26.0. The molecular weight excluding hydrogens is 464 g/mol. The molecule has 35 heavy (non-hydrogen) atoms. The number of thioether (sulfide) groups is 1. The standard InChI is InChI=1S/C26H28N4O4S/c1-5-33-20-9-7-18-8-10-24(34-6-2)23(21(18)12-20)14-28-30-25(31)16-35-26-22(13-27)19(15-32-4)11-17(3)29-26/h7-12,14H,5-6,15-16H2,1-4H3,(H,30,31)/b28-14+. The predicted molar refractivity (Wildman–Crippen MR) is 137 cm³/mol. The van der Waals surface area contributed by atoms with Crippen LogP contribution in [0, 0.1) is 18.3 Å². The summed E-state index contributed by atoms with van der Waals surface area (Å²) in [4.78, 5) is 16.9. The molecule has 3 rings (SSSR count). The molecule has 0 aliphatic heterocycles. The van der Waals surface area contributed by atoms with E-state index in [4.69, 9.17) is 14.2 Å². The van der Waals surface area contributed by atoms with Crippen LogP contribution in [0.5, 0.6) is 11.5 Å². The number of aryl methyl sites for hydroxylation is 1. The summed E-state index contributed by atoms with van der Waals surface area (Å²) in [6, 6.07) is 13.7. The van der Waals surface area contributed by atoms with Gasteiger partial charge in [-0.2, -0.15) is 10.4 Å². The molecule has 2 aromatic carbocycles. The lowest BCUT2D eigenvalue weighted by Crippen LogP contribution is -2.20. The summed E-state index contributed by atoms with van der Waals surface area (Å²) in [5.74, 6) is 1.14. The zero-order valence-electron chi connectivity index (χ0n) is 20.3. The molecule has 1 heterocycles. The third-order valence-electron chi connectivity index (χ3n) is 4.94. The van der Waals surface area contributed by atoms with Crippen LogP contribution in [0.1, 0.15) is 36.2 Å². The highest BCUT2D eigenvalue weighted by molar-refractivity contribution is 8.00. The number of nitrogens with one attached hydrogen (secondary N) is 1. The number of hydrazone groups is 1. The average molecular weight is 493 g/mol. The van der Waals surface area contributed by atoms with Crippen molar-refractivity contribution < 1.29 is 19.0 Å². The summed E-state index contributed by atoms with van der Waals surface area (Å²) in [6.07, 6.45) is 1.58. The molecule has 1 aromatic heterocycles. The lowest BCUT2D eigenvalue weighted by molar-refractivity contribution is -0.118. The third kappa shape index (κ3) is 6.72. The van der Waals surface area contributed by atoms with Crippen LogP contribution < -0.4 is 14.9 Å². The quantitative estimate of drug-likeness (QED) is 0.237. The van der Waals surface area contributed by atoms with Crippen LogP contribution in [0.3, 0.4) is 0 Å². The van der Waals surface area contributed by atoms with E-state index in [0.29, 0.717) is 36.2 Å². The van der Waals surface area contributed by atoms with Gasteiger partial charge in [-0.15, -0.1) is 0 Å². The Labute approximate surface area is 209 Å². The molecule has 0 aliphatic rings. The molecule has 0 atom stereocenters. The number of rotatable bonds is 11. The molecule has 0 unspecified atom stereocenters. The molecule has 182 valence electrons. The van der Waals surface area contributed by atoms with Gasteiger partial charge in [-0.25, -0.2) is 10.4 Å². The van der Waals surface area contributed by atoms with Crippen LogP contribution in [0.25, 0.3) is 10.8 Å². The summed E-state index contributed by atoms with van der Waals surface area (Å²) in [7, 11) is 1.57. The van der Waals surface area contributed by atoms with Crippen LogP contribution in [0.4, 0.5) is 0 Å². The number of pyridine rings is 1. The zero-order valence-corrected chi connectivity index (χ0v) is 21.1. The van der Waals surface area contributed by atoms with Gasteiger partial charge in [-0.05, 0) is 61.4 Å². The number of carbonyl (C=O) groups excluding carboxylic acids is 1. The van der Waals surface area contributed by atoms with Gasteiger partial charge in [-0.3, -0.25) is 4.79 Å². The molecule has 0 fully saturated rings. The fourth-order valence-corrected chi connectivity index (χ4v) is 4.37. The van der Waals surface area contributed by atoms with Crippen molar-refractivity contribution in [3.8, 4) is 17.6 Å². The topological polar surface area (TPSA) is 106 Å². The number of amides is 1. The summed E-state index contributed by atoms with van der Waals surface area (Å²) >= 11 is 1.19. The molecule has 0 bridgehead atoms. The number of carbonyl (C=O) groups is 1. The highest BCUT2D eigenvalue weighted by atomic mass is 32.2. The molecule has 1 amide bonds. The first-order valence-electron chi connectivity index (χ1n) is 11.2. The first-order valence-corrected chi connectivity index (χ1v) is 12.2. The second-order valence-corrected chi connectivity index (χ2v) is 8.42. The van der Waals surface area contributed by atoms with Crippen LogP contribution in [-0.4, -0.2) is 43.2 Å². The van der Waals surface area contributed by atoms with E-state index in [-0.39, 0.29) is 11.7 Å². The number of hydrogen-bond donors (Lipinski definition) is 1. The maximum Gasteiger partial charge on any atom is 0.250 e. The summed E-state index contributed by atoms with van der Waals surface area (Å²) in [5, 5.41) is 16.1. The van der Waals surface area contributed by atoms with E-state index in [1.807, 2.05) is 57.2 Å². The monoisotopic (exact) mass is 492 g/mol. The van der Waals surface area contributed by atoms with E-state index in [0.717, 1.165) is 33.3 Å². The maximum absolute atomic E-state index is 12.5. The van der Waals surface area contributed by atoms with Gasteiger partial charge in [0, 0.05) is 18.4 Å². The van der Waals surface area contributed by atoms with Gasteiger partial charge >= 0.3 is 0 Å². The Kier molecular flexibility index (Phi) is 9.47. The lowest BCUT2D eigenvalue weighted by atomic mass is 10.0. The second kappa shape index (κ2) is 12.7. The van der Waals surface area contributed by atoms with E-state index < -0.39 is 0 Å². The van der Waals surface area contributed by atoms with E-state index in [1.165, 1.54) is 11.8 Å². The molecule has 9 heteroatoms. The maximum atomic E-state index is 12.5. The summed E-state index contributed by atoms with van der Waals surface area (Å²) in [5.41, 5.74) is 5.21. The number of nitrogens with zero attached hydrogens (tertiary/aromatic N) is 3. The number of fused-ring (bicyclic) bond motifs is 1. The van der Waals surface area contributed by atoms with Crippen molar-refractivity contribution in [2.24, 2.45) is 5.10 Å². The van der Waals surface area contributed by atoms with Gasteiger partial charge in [0.05, 0.1) is 37.4 Å². The number of hydrogen-bond acceptors (Lipinski definition) is 8. The molecular formula is C26H28N4O4S. The normalized spacial score (nSPS) is 10.9. The Morgan fingerprint density at radius 2 is 1.97 bits per heavy atom. The Morgan fingerprint density at radius 3 is 2.69 bits per heavy atom. The van der Waals surface area contributed by atoms with Crippen molar-refractivity contribution in [1.29, 1.82) is 5.26 Å². The molecule has 1 N–H and O–H groups in total. The Bertz CT molecular complexity index is 1270. The van der Waals surface area contributed by atoms with E-state index in [2.05, 4.69) is 21.6 Å². The van der Waals surface area contributed by atoms with Crippen molar-refractivity contribution >= 4 is 34.7 Å². The average Bonchev–Trinajstić information content (AvgIpc) is 2.84. The predicted octanol–water partition coefficient (Wildman–Crippen LogP) is 4.60. The van der Waals surface area contributed by atoms with E-state index >= 15 is 0 Å². The van der Waals surface area contributed by atoms with Crippen LogP contribution in [0.2, 0.25) is 0 Å². The third-order valence-corrected chi connectivity index (χ3v) is 5.91. The van der Waals surface area contributed by atoms with Gasteiger partial charge < -0.3 is 14.2 Å². The van der Waals surface area contributed by atoms with Gasteiger partial charge in [0.25, 0.3) is 0 Å². The van der Waals surface area contributed by atoms with Crippen molar-refractivity contribution in [2.45, 2.75) is 32.4 Å². The van der Waals surface area contributed by atoms with Crippen molar-refractivity contribution in [2.75, 3.05) is 26.1 Å². The molecule has 8 nitrogen and oxygen atoms in total. The minimum Gasteiger partial charge on any atom is -0.494 e. The molecule has 0 radical (unpaired) electrons. The van der Waals surface area contributed by atoms with Crippen LogP contribution in [0.15, 0.2) is 46.5 Å². The molecule has 0 aliphatic carbocycles. The molecule has 3 aromatic rings. The van der Waals surface area contributed by atoms with Gasteiger partial charge in [-0.1, -0.05) is 23.9 Å². The number of ether oxygens (including phenoxy) is 3. The van der Waals surface area contributed by atoms with Gasteiger partial charge in [0.2, 0.25) is 5.91 Å². The molecule has 0 spiro atoms. The molecule has 0 saturated heterocycles. The van der Waals surface area contributed by atoms with Gasteiger partial charge in [0.1, 0.15) is 22.6 Å². The van der Waals surface area contributed by atoms with Crippen molar-refractivity contribution in [3.05, 3.63) is 58.8 Å². The highest BCUT2D eigenvalue weighted by Crippen LogP contribution is 2.30. The Morgan fingerprint density at radius 1 is 1.20 bits per heavy atom. The number of aromatic nitrogens is 1. The first-order chi connectivity index (χ1) is 17.0. The van der Waals surface area contributed by atoms with Crippen molar-refractivity contribution in [3.63, 3.8) is 0 Å². The van der Waals surface area contributed by atoms with Crippen LogP contribution in [-0.2, 0) is 16.1 Å². The number of methoxy groups -OCH3 is 1. The van der Waals surface area contributed by atoms with E-state index in [1.54, 1.807) is 13.3 Å². The Balaban J connectivity index is 1.76. The smallest absolute Gasteiger partial charge is 0.250 e. The fourth-order valence-electron chi connectivity index (χ4n) is 3.51. The number of nitriles is 1. The fraction of sp³-hybridized carbons (Fsp3) is 0.308. The zero-order chi connectivity index (χ0) is 25.2. The van der Waals surface area contributed by atoms with Crippen molar-refractivity contribution in [1.82, 2.24) is 10.4 Å². The number of benzene rings is 2. The lowest BCUT2D eigenvalue weighted by Gasteiger charge is -2.12. The van der Waals surface area contributed by atoms with Crippen LogP contribution >= 0.6 is 11.8 Å². The summed E-state index contributed by atoms with van der Waals surface area (Å²) in [6.45, 7) is 7.04. The minimum atomic E-state index is -0.320. The molecule has 0 saturated carbocycles. The minimum absolute atomic E-state index is 0.0528. The SMILES string of the molecule is CCOc1ccc2ccc(OCC)c(/C=N/NC(=O)CSc3nc(C)cc(COC)c3C#N)c2c1.